The van der Waals surface area contributed by atoms with E-state index in [4.69, 9.17) is 9.15 Å². The van der Waals surface area contributed by atoms with Gasteiger partial charge >= 0.3 is 5.63 Å². The van der Waals surface area contributed by atoms with Crippen LogP contribution >= 0.6 is 0 Å². The summed E-state index contributed by atoms with van der Waals surface area (Å²) < 4.78 is 13.7. The van der Waals surface area contributed by atoms with Crippen molar-refractivity contribution in [2.24, 2.45) is 0 Å². The first-order valence-electron chi connectivity index (χ1n) is 8.60. The largest absolute Gasteiger partial charge is 1.00 e. The minimum Gasteiger partial charge on any atom is -1.00 e. The maximum absolute atomic E-state index is 12.0. The van der Waals surface area contributed by atoms with Gasteiger partial charge in [0.2, 0.25) is 0 Å². The zero-order valence-electron chi connectivity index (χ0n) is 15.4. The quantitative estimate of drug-likeness (QED) is 0.296. The van der Waals surface area contributed by atoms with Gasteiger partial charge in [-0.3, -0.25) is 0 Å². The Bertz CT molecular complexity index is 1130. The molecule has 138 valence electrons. The van der Waals surface area contributed by atoms with Gasteiger partial charge in [-0.1, -0.05) is 0 Å². The number of hydrogen-bond donors (Lipinski definition) is 0. The first kappa shape index (κ1) is 19.4. The van der Waals surface area contributed by atoms with Crippen LogP contribution in [0.1, 0.15) is 27.8 Å². The van der Waals surface area contributed by atoms with Gasteiger partial charge in [0.1, 0.15) is 23.0 Å². The van der Waals surface area contributed by atoms with E-state index in [9.17, 15) is 10.1 Å². The van der Waals surface area contributed by atoms with Crippen molar-refractivity contribution in [1.29, 1.82) is 5.26 Å². The smallest absolute Gasteiger partial charge is 0.354 e. The monoisotopic (exact) mass is 474 g/mol. The van der Waals surface area contributed by atoms with Crippen LogP contribution in [0.5, 0.6) is 5.75 Å². The molecule has 0 spiro atoms. The Hall–Kier alpha value is -2.40. The lowest BCUT2D eigenvalue weighted by atomic mass is 9.99. The molecule has 5 nitrogen and oxygen atoms in total. The molecule has 0 bridgehead atoms. The number of halogens is 1. The molecular formula is C21H19IN2O3. The van der Waals surface area contributed by atoms with Crippen molar-refractivity contribution in [2.45, 2.75) is 39.8 Å². The molecule has 3 aromatic rings. The van der Waals surface area contributed by atoms with Crippen LogP contribution in [0.15, 0.2) is 39.8 Å². The van der Waals surface area contributed by atoms with Gasteiger partial charge in [0.15, 0.2) is 25.0 Å². The highest BCUT2D eigenvalue weighted by molar-refractivity contribution is 5.87. The number of nitriles is 1. The molecule has 2 aromatic heterocycles. The lowest BCUT2D eigenvalue weighted by Crippen LogP contribution is -3.00. The van der Waals surface area contributed by atoms with E-state index in [0.717, 1.165) is 35.2 Å². The topological polar surface area (TPSA) is 67.1 Å². The third-order valence-corrected chi connectivity index (χ3v) is 5.03. The van der Waals surface area contributed by atoms with E-state index in [1.54, 1.807) is 6.92 Å². The summed E-state index contributed by atoms with van der Waals surface area (Å²) in [6, 6.07) is 8.09. The molecule has 0 saturated heterocycles. The van der Waals surface area contributed by atoms with Crippen molar-refractivity contribution in [3.63, 3.8) is 0 Å². The number of aromatic nitrogens is 1. The standard InChI is InChI=1S/C21H19N2O3.HI/c1-12-4-6-23(7-5-12)11-16-8-15-9-17-13(2)18(10-22)21(24)26-20(17)14(3)19(15)25-16;/h4-7,9,16H,8,11H2,1-3H3;1H/q+1;/p-1. The van der Waals surface area contributed by atoms with Crippen molar-refractivity contribution in [3.8, 4) is 11.8 Å². The van der Waals surface area contributed by atoms with Gasteiger partial charge in [0, 0.05) is 29.5 Å². The normalized spacial score (nSPS) is 15.0. The lowest BCUT2D eigenvalue weighted by Gasteiger charge is -2.10. The van der Waals surface area contributed by atoms with E-state index in [-0.39, 0.29) is 35.6 Å². The second-order valence-corrected chi connectivity index (χ2v) is 6.88. The van der Waals surface area contributed by atoms with Crippen molar-refractivity contribution in [3.05, 3.63) is 68.8 Å². The Morgan fingerprint density at radius 1 is 1.22 bits per heavy atom. The second-order valence-electron chi connectivity index (χ2n) is 6.88. The summed E-state index contributed by atoms with van der Waals surface area (Å²) in [5, 5.41) is 10.0. The molecule has 1 unspecified atom stereocenters. The average Bonchev–Trinajstić information content (AvgIpc) is 3.02. The molecule has 1 aliphatic rings. The van der Waals surface area contributed by atoms with Crippen LogP contribution in [0.3, 0.4) is 0 Å². The van der Waals surface area contributed by atoms with Crippen LogP contribution in [0.4, 0.5) is 0 Å². The van der Waals surface area contributed by atoms with Gasteiger partial charge in [0.05, 0.1) is 0 Å². The number of fused-ring (bicyclic) bond motifs is 2. The minimum absolute atomic E-state index is 0. The fourth-order valence-corrected chi connectivity index (χ4v) is 3.58. The molecule has 3 heterocycles. The summed E-state index contributed by atoms with van der Waals surface area (Å²) >= 11 is 0. The molecule has 1 atom stereocenters. The molecule has 0 saturated carbocycles. The zero-order valence-corrected chi connectivity index (χ0v) is 17.5. The highest BCUT2D eigenvalue weighted by atomic mass is 127. The molecule has 0 N–H and O–H groups in total. The van der Waals surface area contributed by atoms with Crippen LogP contribution in [-0.2, 0) is 13.0 Å². The molecule has 6 heteroatoms. The highest BCUT2D eigenvalue weighted by Gasteiger charge is 2.30. The summed E-state index contributed by atoms with van der Waals surface area (Å²) in [5.41, 5.74) is 3.78. The van der Waals surface area contributed by atoms with Gasteiger partial charge in [-0.15, -0.1) is 0 Å². The van der Waals surface area contributed by atoms with Crippen molar-refractivity contribution >= 4 is 11.0 Å². The van der Waals surface area contributed by atoms with Crippen LogP contribution in [0.25, 0.3) is 11.0 Å². The van der Waals surface area contributed by atoms with Gasteiger partial charge in [-0.25, -0.2) is 9.36 Å². The minimum atomic E-state index is -0.592. The molecule has 4 rings (SSSR count). The van der Waals surface area contributed by atoms with E-state index >= 15 is 0 Å². The van der Waals surface area contributed by atoms with E-state index in [1.807, 2.05) is 31.5 Å². The maximum atomic E-state index is 12.0. The third kappa shape index (κ3) is 3.32. The number of rotatable bonds is 2. The van der Waals surface area contributed by atoms with Gasteiger partial charge in [-0.2, -0.15) is 5.26 Å². The van der Waals surface area contributed by atoms with E-state index in [2.05, 4.69) is 23.6 Å². The molecule has 0 radical (unpaired) electrons. The van der Waals surface area contributed by atoms with Gasteiger partial charge in [0.25, 0.3) is 0 Å². The predicted octanol–water partition coefficient (Wildman–Crippen LogP) is -0.115. The third-order valence-electron chi connectivity index (χ3n) is 5.03. The van der Waals surface area contributed by atoms with Gasteiger partial charge < -0.3 is 33.1 Å². The summed E-state index contributed by atoms with van der Waals surface area (Å²) in [5.74, 6) is 0.794. The first-order chi connectivity index (χ1) is 12.5. The molecular weight excluding hydrogens is 455 g/mol. The summed E-state index contributed by atoms with van der Waals surface area (Å²) in [4.78, 5) is 12.0. The Balaban J connectivity index is 0.00000210. The fraction of sp³-hybridized carbons (Fsp3) is 0.286. The molecule has 0 amide bonds. The molecule has 0 aliphatic carbocycles. The van der Waals surface area contributed by atoms with Gasteiger partial charge in [-0.05, 0) is 43.5 Å². The van der Waals surface area contributed by atoms with Crippen LogP contribution < -0.4 is 38.9 Å². The number of ether oxygens (including phenoxy) is 1. The SMILES string of the molecule is Cc1cc[n+](CC2Cc3cc4c(C)c(C#N)c(=O)oc4c(C)c3O2)cc1.[I-]. The maximum Gasteiger partial charge on any atom is 0.354 e. The number of nitrogens with zero attached hydrogens (tertiary/aromatic N) is 2. The van der Waals surface area contributed by atoms with E-state index < -0.39 is 5.63 Å². The summed E-state index contributed by atoms with van der Waals surface area (Å²) in [6.45, 7) is 6.50. The Morgan fingerprint density at radius 2 is 1.93 bits per heavy atom. The summed E-state index contributed by atoms with van der Waals surface area (Å²) in [6.07, 6.45) is 4.91. The fourth-order valence-electron chi connectivity index (χ4n) is 3.58. The second kappa shape index (κ2) is 7.31. The lowest BCUT2D eigenvalue weighted by molar-refractivity contribution is -0.702. The average molecular weight is 474 g/mol. The van der Waals surface area contributed by atoms with E-state index in [0.29, 0.717) is 11.1 Å². The Morgan fingerprint density at radius 3 is 2.59 bits per heavy atom. The summed E-state index contributed by atoms with van der Waals surface area (Å²) in [7, 11) is 0. The van der Waals surface area contributed by atoms with Crippen molar-refractivity contribution in [1.82, 2.24) is 0 Å². The molecule has 1 aromatic carbocycles. The molecule has 1 aliphatic heterocycles. The van der Waals surface area contributed by atoms with Crippen LogP contribution in [0.2, 0.25) is 0 Å². The highest BCUT2D eigenvalue weighted by Crippen LogP contribution is 2.38. The van der Waals surface area contributed by atoms with Crippen LogP contribution in [-0.4, -0.2) is 6.10 Å². The predicted molar refractivity (Wildman–Crippen MR) is 96.2 cm³/mol. The van der Waals surface area contributed by atoms with Crippen molar-refractivity contribution in [2.75, 3.05) is 0 Å². The Kier molecular flexibility index (Phi) is 5.24. The van der Waals surface area contributed by atoms with Crippen molar-refractivity contribution < 1.29 is 37.7 Å². The Labute approximate surface area is 174 Å². The number of hydrogen-bond acceptors (Lipinski definition) is 4. The first-order valence-corrected chi connectivity index (χ1v) is 8.60. The van der Waals surface area contributed by atoms with Crippen LogP contribution in [0, 0.1) is 32.1 Å². The molecule has 27 heavy (non-hydrogen) atoms. The van der Waals surface area contributed by atoms with E-state index in [1.165, 1.54) is 5.56 Å². The molecule has 0 fully saturated rings. The zero-order chi connectivity index (χ0) is 18.4. The number of benzene rings is 1. The number of aryl methyl sites for hydroxylation is 3. The number of pyridine rings is 1.